The van der Waals surface area contributed by atoms with Crippen molar-refractivity contribution >= 4 is 17.9 Å². The maximum Gasteiger partial charge on any atom is 0.306 e. The van der Waals surface area contributed by atoms with E-state index in [0.717, 1.165) is 135 Å². The molecule has 0 heterocycles. The Bertz CT molecular complexity index is 1420. The van der Waals surface area contributed by atoms with Crippen molar-refractivity contribution in [2.75, 3.05) is 13.2 Å². The number of esters is 3. The molecule has 0 fully saturated rings. The molecular weight excluding hydrogens is 853 g/mol. The van der Waals surface area contributed by atoms with E-state index in [0.29, 0.717) is 19.3 Å². The normalized spacial score (nSPS) is 12.9. The lowest BCUT2D eigenvalue weighted by Crippen LogP contribution is -2.30. The molecule has 0 spiro atoms. The summed E-state index contributed by atoms with van der Waals surface area (Å²) in [6.45, 7) is 6.42. The third-order valence-electron chi connectivity index (χ3n) is 11.7. The minimum atomic E-state index is -0.798. The fraction of sp³-hybridized carbons (Fsp3) is 0.667. The second-order valence-corrected chi connectivity index (χ2v) is 18.5. The predicted molar refractivity (Wildman–Crippen MR) is 297 cm³/mol. The van der Waals surface area contributed by atoms with Crippen molar-refractivity contribution in [2.45, 2.75) is 258 Å². The maximum absolute atomic E-state index is 12.8. The SMILES string of the molecule is CC/C=C\C/C=C\C/C=C\C/C=C\C/C=C\C/C=C\CCCCCCC(=O)OCC(COC(=O)CCCCCCC/C=C\CCCC)OC(=O)CCCCCCCCC/C=C\C/C=C\CCCCC. The molecule has 0 rings (SSSR count). The van der Waals surface area contributed by atoms with Gasteiger partial charge in [-0.05, 0) is 122 Å². The Hall–Kier alpha value is -3.93. The van der Waals surface area contributed by atoms with Gasteiger partial charge in [-0.2, -0.15) is 0 Å². The molecule has 1 atom stereocenters. The molecule has 0 aromatic carbocycles. The van der Waals surface area contributed by atoms with Crippen LogP contribution in [0.3, 0.4) is 0 Å². The molecule has 0 radical (unpaired) electrons. The Labute approximate surface area is 425 Å². The third kappa shape index (κ3) is 54.9. The molecule has 0 aliphatic carbocycles. The average Bonchev–Trinajstić information content (AvgIpc) is 3.35. The molecule has 392 valence electrons. The van der Waals surface area contributed by atoms with Crippen LogP contribution in [-0.4, -0.2) is 37.2 Å². The summed E-state index contributed by atoms with van der Waals surface area (Å²) in [7, 11) is 0. The molecule has 0 saturated carbocycles. The Balaban J connectivity index is 4.41. The highest BCUT2D eigenvalue weighted by Gasteiger charge is 2.19. The van der Waals surface area contributed by atoms with E-state index in [1.165, 1.54) is 77.0 Å². The highest BCUT2D eigenvalue weighted by Crippen LogP contribution is 2.14. The van der Waals surface area contributed by atoms with Crippen molar-refractivity contribution in [2.24, 2.45) is 0 Å². The van der Waals surface area contributed by atoms with Crippen molar-refractivity contribution in [3.8, 4) is 0 Å². The molecule has 6 nitrogen and oxygen atoms in total. The Morgan fingerprint density at radius 3 is 0.942 bits per heavy atom. The van der Waals surface area contributed by atoms with Crippen LogP contribution in [0.4, 0.5) is 0 Å². The van der Waals surface area contributed by atoms with E-state index in [-0.39, 0.29) is 31.1 Å². The summed E-state index contributed by atoms with van der Waals surface area (Å²) in [5.74, 6) is -0.939. The molecule has 0 N–H and O–H groups in total. The van der Waals surface area contributed by atoms with Gasteiger partial charge in [0.2, 0.25) is 0 Å². The molecule has 0 aliphatic heterocycles. The molecule has 0 aliphatic rings. The lowest BCUT2D eigenvalue weighted by molar-refractivity contribution is -0.167. The summed E-state index contributed by atoms with van der Waals surface area (Å²) in [6.07, 6.45) is 76.4. The van der Waals surface area contributed by atoms with Crippen LogP contribution in [0.2, 0.25) is 0 Å². The van der Waals surface area contributed by atoms with Gasteiger partial charge in [-0.15, -0.1) is 0 Å². The minimum absolute atomic E-state index is 0.0955. The quantitative estimate of drug-likeness (QED) is 0.0262. The number of allylic oxidation sites excluding steroid dienone is 18. The molecule has 0 bridgehead atoms. The van der Waals surface area contributed by atoms with E-state index in [9.17, 15) is 14.4 Å². The van der Waals surface area contributed by atoms with Gasteiger partial charge >= 0.3 is 17.9 Å². The molecule has 0 aromatic heterocycles. The molecule has 69 heavy (non-hydrogen) atoms. The van der Waals surface area contributed by atoms with Gasteiger partial charge in [0.05, 0.1) is 0 Å². The van der Waals surface area contributed by atoms with Gasteiger partial charge in [-0.3, -0.25) is 14.4 Å². The second-order valence-electron chi connectivity index (χ2n) is 18.5. The molecule has 0 saturated heterocycles. The van der Waals surface area contributed by atoms with Crippen LogP contribution in [0.15, 0.2) is 109 Å². The fourth-order valence-corrected chi connectivity index (χ4v) is 7.46. The summed E-state index contributed by atoms with van der Waals surface area (Å²) >= 11 is 0. The summed E-state index contributed by atoms with van der Waals surface area (Å²) in [5, 5.41) is 0. The maximum atomic E-state index is 12.8. The number of unbranched alkanes of at least 4 members (excludes halogenated alkanes) is 21. The van der Waals surface area contributed by atoms with Gasteiger partial charge in [0.15, 0.2) is 6.10 Å². The van der Waals surface area contributed by atoms with Gasteiger partial charge in [-0.25, -0.2) is 0 Å². The van der Waals surface area contributed by atoms with Crippen LogP contribution in [0.1, 0.15) is 252 Å². The topological polar surface area (TPSA) is 78.9 Å². The number of ether oxygens (including phenoxy) is 3. The summed E-state index contributed by atoms with van der Waals surface area (Å²) in [5.41, 5.74) is 0. The van der Waals surface area contributed by atoms with Crippen LogP contribution < -0.4 is 0 Å². The monoisotopic (exact) mass is 957 g/mol. The zero-order chi connectivity index (χ0) is 50.0. The van der Waals surface area contributed by atoms with Gasteiger partial charge in [0.1, 0.15) is 13.2 Å². The summed E-state index contributed by atoms with van der Waals surface area (Å²) < 4.78 is 16.8. The zero-order valence-electron chi connectivity index (χ0n) is 44.8. The molecule has 1 unspecified atom stereocenters. The van der Waals surface area contributed by atoms with Gasteiger partial charge in [-0.1, -0.05) is 220 Å². The summed E-state index contributed by atoms with van der Waals surface area (Å²) in [4.78, 5) is 38.1. The Kier molecular flexibility index (Phi) is 53.4. The van der Waals surface area contributed by atoms with E-state index >= 15 is 0 Å². The van der Waals surface area contributed by atoms with Crippen LogP contribution >= 0.6 is 0 Å². The standard InChI is InChI=1S/C63H104O6/c1-4-7-10-13-16-19-22-24-26-28-29-30-31-32-33-35-36-38-41-44-47-50-53-56-62(65)68-59-60(58-67-61(64)55-52-49-46-43-40-21-18-15-12-9-6-3)69-63(66)57-54-51-48-45-42-39-37-34-27-25-23-20-17-14-11-8-5-2/h7,10,15-20,24-27,29-30,32-33,36,38,60H,4-6,8-9,11-14,21-23,28,31,34-35,37,39-59H2,1-3H3/b10-7-,18-15-,19-16-,20-17-,26-24-,27-25-,30-29-,33-32-,38-36-. The highest BCUT2D eigenvalue weighted by molar-refractivity contribution is 5.71. The van der Waals surface area contributed by atoms with Gasteiger partial charge < -0.3 is 14.2 Å². The first-order chi connectivity index (χ1) is 34.0. The van der Waals surface area contributed by atoms with Crippen molar-refractivity contribution in [3.05, 3.63) is 109 Å². The van der Waals surface area contributed by atoms with Crippen molar-refractivity contribution in [3.63, 3.8) is 0 Å². The number of carbonyl (C=O) groups is 3. The smallest absolute Gasteiger partial charge is 0.306 e. The van der Waals surface area contributed by atoms with Crippen molar-refractivity contribution < 1.29 is 28.6 Å². The van der Waals surface area contributed by atoms with Crippen LogP contribution in [0.5, 0.6) is 0 Å². The van der Waals surface area contributed by atoms with E-state index < -0.39 is 6.10 Å². The number of hydrogen-bond donors (Lipinski definition) is 0. The van der Waals surface area contributed by atoms with E-state index in [1.807, 2.05) is 0 Å². The molecule has 6 heteroatoms. The molecule has 0 aromatic rings. The summed E-state index contributed by atoms with van der Waals surface area (Å²) in [6, 6.07) is 0. The van der Waals surface area contributed by atoms with Gasteiger partial charge in [0.25, 0.3) is 0 Å². The third-order valence-corrected chi connectivity index (χ3v) is 11.7. The second kappa shape index (κ2) is 56.7. The Morgan fingerprint density at radius 1 is 0.304 bits per heavy atom. The highest BCUT2D eigenvalue weighted by atomic mass is 16.6. The van der Waals surface area contributed by atoms with Gasteiger partial charge in [0, 0.05) is 19.3 Å². The van der Waals surface area contributed by atoms with E-state index in [2.05, 4.69) is 130 Å². The lowest BCUT2D eigenvalue weighted by Gasteiger charge is -2.18. The molecule has 0 amide bonds. The van der Waals surface area contributed by atoms with E-state index in [1.54, 1.807) is 0 Å². The number of rotatable bonds is 50. The lowest BCUT2D eigenvalue weighted by atomic mass is 10.1. The zero-order valence-corrected chi connectivity index (χ0v) is 44.8. The Morgan fingerprint density at radius 2 is 0.580 bits per heavy atom. The predicted octanol–water partition coefficient (Wildman–Crippen LogP) is 19.1. The van der Waals surface area contributed by atoms with Crippen molar-refractivity contribution in [1.29, 1.82) is 0 Å². The van der Waals surface area contributed by atoms with E-state index in [4.69, 9.17) is 14.2 Å². The first kappa shape index (κ1) is 65.1. The van der Waals surface area contributed by atoms with Crippen LogP contribution in [0.25, 0.3) is 0 Å². The van der Waals surface area contributed by atoms with Crippen LogP contribution in [-0.2, 0) is 28.6 Å². The number of hydrogen-bond acceptors (Lipinski definition) is 6. The van der Waals surface area contributed by atoms with Crippen molar-refractivity contribution in [1.82, 2.24) is 0 Å². The first-order valence-corrected chi connectivity index (χ1v) is 28.4. The minimum Gasteiger partial charge on any atom is -0.462 e. The number of carbonyl (C=O) groups excluding carboxylic acids is 3. The first-order valence-electron chi connectivity index (χ1n) is 28.4. The molecular formula is C63H104O6. The fourth-order valence-electron chi connectivity index (χ4n) is 7.46. The van der Waals surface area contributed by atoms with Crippen LogP contribution in [0, 0.1) is 0 Å². The average molecular weight is 958 g/mol. The largest absolute Gasteiger partial charge is 0.462 e.